The minimum absolute atomic E-state index is 0.0336. The van der Waals surface area contributed by atoms with Crippen LogP contribution < -0.4 is 5.32 Å². The molecule has 2 atom stereocenters. The number of likely N-dealkylation sites (N-methyl/N-ethyl adjacent to an activating group) is 1. The summed E-state index contributed by atoms with van der Waals surface area (Å²) < 4.78 is 53.2. The van der Waals surface area contributed by atoms with Crippen LogP contribution in [0.1, 0.15) is 17.0 Å². The molecule has 0 spiro atoms. The van der Waals surface area contributed by atoms with Gasteiger partial charge in [-0.25, -0.2) is 4.39 Å². The Morgan fingerprint density at radius 3 is 2.54 bits per heavy atom. The third-order valence-corrected chi connectivity index (χ3v) is 4.82. The molecule has 0 aliphatic carbocycles. The van der Waals surface area contributed by atoms with Gasteiger partial charge in [0.25, 0.3) is 0 Å². The number of amides is 2. The minimum Gasteiger partial charge on any atom is -0.344 e. The van der Waals surface area contributed by atoms with E-state index in [1.54, 1.807) is 0 Å². The molecule has 4 nitrogen and oxygen atoms in total. The van der Waals surface area contributed by atoms with Crippen molar-refractivity contribution in [2.24, 2.45) is 5.92 Å². The Morgan fingerprint density at radius 1 is 1.21 bits per heavy atom. The standard InChI is InChI=1S/C19H15ClF4N2O2/c1-26-9-13(10-6-11(19(22,23)24)8-12(20)7-10)16(18(26)28)17(27)25-15-5-3-2-4-14(15)21/h2-8,13,16H,9H2,1H3,(H,25,27)/t13-,16+/m0/s1. The first-order valence-electron chi connectivity index (χ1n) is 8.26. The number of benzene rings is 2. The van der Waals surface area contributed by atoms with E-state index in [2.05, 4.69) is 5.32 Å². The molecule has 148 valence electrons. The third kappa shape index (κ3) is 3.96. The van der Waals surface area contributed by atoms with Crippen molar-refractivity contribution < 1.29 is 27.2 Å². The second kappa shape index (κ2) is 7.43. The zero-order valence-electron chi connectivity index (χ0n) is 14.6. The number of hydrogen-bond donors (Lipinski definition) is 1. The molecule has 0 unspecified atom stereocenters. The average Bonchev–Trinajstić information content (AvgIpc) is 2.91. The number of hydrogen-bond acceptors (Lipinski definition) is 2. The molecule has 1 aliphatic heterocycles. The van der Waals surface area contributed by atoms with Gasteiger partial charge in [-0.1, -0.05) is 23.7 Å². The van der Waals surface area contributed by atoms with E-state index >= 15 is 0 Å². The fourth-order valence-corrected chi connectivity index (χ4v) is 3.50. The Balaban J connectivity index is 1.96. The lowest BCUT2D eigenvalue weighted by molar-refractivity contribution is -0.137. The number of nitrogens with zero attached hydrogens (tertiary/aromatic N) is 1. The molecule has 1 saturated heterocycles. The van der Waals surface area contributed by atoms with Crippen molar-refractivity contribution in [3.63, 3.8) is 0 Å². The Labute approximate surface area is 163 Å². The average molecular weight is 415 g/mol. The van der Waals surface area contributed by atoms with Crippen LogP contribution in [0.15, 0.2) is 42.5 Å². The molecule has 2 aromatic rings. The Kier molecular flexibility index (Phi) is 5.34. The predicted octanol–water partition coefficient (Wildman–Crippen LogP) is 4.31. The first-order valence-corrected chi connectivity index (χ1v) is 8.64. The number of anilines is 1. The lowest BCUT2D eigenvalue weighted by atomic mass is 9.87. The van der Waals surface area contributed by atoms with E-state index in [-0.39, 0.29) is 22.8 Å². The molecule has 1 N–H and O–H groups in total. The van der Waals surface area contributed by atoms with Crippen LogP contribution in [0, 0.1) is 11.7 Å². The number of halogens is 5. The van der Waals surface area contributed by atoms with Crippen molar-refractivity contribution in [1.82, 2.24) is 4.90 Å². The Morgan fingerprint density at radius 2 is 1.89 bits per heavy atom. The van der Waals surface area contributed by atoms with Crippen molar-refractivity contribution in [3.05, 3.63) is 64.4 Å². The van der Waals surface area contributed by atoms with Gasteiger partial charge in [0.05, 0.1) is 11.3 Å². The summed E-state index contributed by atoms with van der Waals surface area (Å²) in [6.07, 6.45) is -4.63. The fraction of sp³-hybridized carbons (Fsp3) is 0.263. The number of alkyl halides is 3. The van der Waals surface area contributed by atoms with E-state index in [0.717, 1.165) is 18.2 Å². The van der Waals surface area contributed by atoms with E-state index < -0.39 is 41.2 Å². The fourth-order valence-electron chi connectivity index (χ4n) is 3.26. The van der Waals surface area contributed by atoms with Crippen molar-refractivity contribution in [2.45, 2.75) is 12.1 Å². The predicted molar refractivity (Wildman–Crippen MR) is 95.4 cm³/mol. The van der Waals surface area contributed by atoms with Gasteiger partial charge in [-0.15, -0.1) is 0 Å². The van der Waals surface area contributed by atoms with Crippen LogP contribution in [0.3, 0.4) is 0 Å². The highest BCUT2D eigenvalue weighted by Gasteiger charge is 2.45. The molecule has 28 heavy (non-hydrogen) atoms. The molecule has 0 aromatic heterocycles. The van der Waals surface area contributed by atoms with Gasteiger partial charge < -0.3 is 10.2 Å². The van der Waals surface area contributed by atoms with Gasteiger partial charge in [-0.2, -0.15) is 13.2 Å². The molecular formula is C19H15ClF4N2O2. The van der Waals surface area contributed by atoms with Crippen LogP contribution in [0.5, 0.6) is 0 Å². The molecule has 9 heteroatoms. The van der Waals surface area contributed by atoms with Crippen LogP contribution in [-0.2, 0) is 15.8 Å². The largest absolute Gasteiger partial charge is 0.416 e. The summed E-state index contributed by atoms with van der Waals surface area (Å²) in [5.74, 6) is -4.20. The molecule has 2 amide bonds. The van der Waals surface area contributed by atoms with Crippen molar-refractivity contribution in [3.8, 4) is 0 Å². The second-order valence-electron chi connectivity index (χ2n) is 6.54. The normalized spacial score (nSPS) is 19.8. The summed E-state index contributed by atoms with van der Waals surface area (Å²) in [6.45, 7) is 0.0336. The maximum absolute atomic E-state index is 13.8. The van der Waals surface area contributed by atoms with Crippen molar-refractivity contribution in [2.75, 3.05) is 18.9 Å². The first kappa shape index (κ1) is 20.1. The molecule has 0 saturated carbocycles. The SMILES string of the molecule is CN1C[C@@H](c2cc(Cl)cc(C(F)(F)F)c2)[C@H](C(=O)Nc2ccccc2F)C1=O. The summed E-state index contributed by atoms with van der Waals surface area (Å²) >= 11 is 5.84. The highest BCUT2D eigenvalue weighted by atomic mass is 35.5. The van der Waals surface area contributed by atoms with Gasteiger partial charge in [0.1, 0.15) is 11.7 Å². The lowest BCUT2D eigenvalue weighted by Gasteiger charge is -2.19. The van der Waals surface area contributed by atoms with Crippen LogP contribution in [-0.4, -0.2) is 30.3 Å². The van der Waals surface area contributed by atoms with Crippen molar-refractivity contribution in [1.29, 1.82) is 0 Å². The highest BCUT2D eigenvalue weighted by Crippen LogP contribution is 2.39. The van der Waals surface area contributed by atoms with Crippen LogP contribution in [0.4, 0.5) is 23.2 Å². The van der Waals surface area contributed by atoms with E-state index in [1.807, 2.05) is 0 Å². The van der Waals surface area contributed by atoms with E-state index in [0.29, 0.717) is 0 Å². The van der Waals surface area contributed by atoms with Gasteiger partial charge in [0.2, 0.25) is 11.8 Å². The van der Waals surface area contributed by atoms with Crippen molar-refractivity contribution >= 4 is 29.1 Å². The zero-order chi connectivity index (χ0) is 20.6. The molecule has 0 radical (unpaired) electrons. The topological polar surface area (TPSA) is 49.4 Å². The maximum atomic E-state index is 13.8. The second-order valence-corrected chi connectivity index (χ2v) is 6.98. The van der Waals surface area contributed by atoms with Crippen LogP contribution >= 0.6 is 11.6 Å². The smallest absolute Gasteiger partial charge is 0.344 e. The molecule has 1 heterocycles. The van der Waals surface area contributed by atoms with E-state index in [1.165, 1.54) is 36.2 Å². The van der Waals surface area contributed by atoms with E-state index in [4.69, 9.17) is 11.6 Å². The minimum atomic E-state index is -4.63. The summed E-state index contributed by atoms with van der Waals surface area (Å²) in [6, 6.07) is 8.37. The molecule has 1 aliphatic rings. The monoisotopic (exact) mass is 414 g/mol. The van der Waals surface area contributed by atoms with Gasteiger partial charge >= 0.3 is 6.18 Å². The number of nitrogens with one attached hydrogen (secondary N) is 1. The quantitative estimate of drug-likeness (QED) is 0.601. The Bertz CT molecular complexity index is 932. The Hall–Kier alpha value is -2.61. The molecule has 2 aromatic carbocycles. The number of carbonyl (C=O) groups is 2. The molecule has 1 fully saturated rings. The lowest BCUT2D eigenvalue weighted by Crippen LogP contribution is -2.33. The summed E-state index contributed by atoms with van der Waals surface area (Å²) in [7, 11) is 1.45. The highest BCUT2D eigenvalue weighted by molar-refractivity contribution is 6.30. The summed E-state index contributed by atoms with van der Waals surface area (Å²) in [5, 5.41) is 2.19. The third-order valence-electron chi connectivity index (χ3n) is 4.60. The molecule has 3 rings (SSSR count). The summed E-state index contributed by atoms with van der Waals surface area (Å²) in [4.78, 5) is 26.4. The number of para-hydroxylation sites is 1. The number of carbonyl (C=O) groups excluding carboxylic acids is 2. The first-order chi connectivity index (χ1) is 13.1. The van der Waals surface area contributed by atoms with Gasteiger partial charge in [0, 0.05) is 24.5 Å². The number of rotatable bonds is 3. The maximum Gasteiger partial charge on any atom is 0.416 e. The number of likely N-dealkylation sites (tertiary alicyclic amines) is 1. The van der Waals surface area contributed by atoms with Gasteiger partial charge in [0.15, 0.2) is 0 Å². The van der Waals surface area contributed by atoms with Crippen LogP contribution in [0.2, 0.25) is 5.02 Å². The molecule has 0 bridgehead atoms. The van der Waals surface area contributed by atoms with E-state index in [9.17, 15) is 27.2 Å². The van der Waals surface area contributed by atoms with Gasteiger partial charge in [-0.3, -0.25) is 9.59 Å². The van der Waals surface area contributed by atoms with Crippen LogP contribution in [0.25, 0.3) is 0 Å². The molecular weight excluding hydrogens is 400 g/mol. The summed E-state index contributed by atoms with van der Waals surface area (Å²) in [5.41, 5.74) is -0.966. The zero-order valence-corrected chi connectivity index (χ0v) is 15.3. The van der Waals surface area contributed by atoms with Gasteiger partial charge in [-0.05, 0) is 35.9 Å².